The highest BCUT2D eigenvalue weighted by Crippen LogP contribution is 2.51. The Balaban J connectivity index is 1.40. The van der Waals surface area contributed by atoms with Crippen molar-refractivity contribution in [2.24, 2.45) is 0 Å². The summed E-state index contributed by atoms with van der Waals surface area (Å²) in [5, 5.41) is 3.42. The van der Waals surface area contributed by atoms with E-state index < -0.39 is 13.9 Å². The summed E-state index contributed by atoms with van der Waals surface area (Å²) in [6, 6.07) is 34.8. The number of ether oxygens (including phenoxy) is 6. The van der Waals surface area contributed by atoms with Gasteiger partial charge >= 0.3 is 13.9 Å². The van der Waals surface area contributed by atoms with Crippen molar-refractivity contribution in [1.29, 1.82) is 0 Å². The topological polar surface area (TPSA) is 99.8 Å². The lowest BCUT2D eigenvalue weighted by Gasteiger charge is -2.43. The Morgan fingerprint density at radius 3 is 1.98 bits per heavy atom. The van der Waals surface area contributed by atoms with E-state index in [0.717, 1.165) is 56.5 Å². The Morgan fingerprint density at radius 2 is 1.36 bits per heavy atom. The van der Waals surface area contributed by atoms with E-state index >= 15 is 0 Å². The fourth-order valence-electron chi connectivity index (χ4n) is 8.82. The molecule has 0 bridgehead atoms. The molecule has 10 nitrogen and oxygen atoms in total. The van der Waals surface area contributed by atoms with Crippen LogP contribution in [-0.2, 0) is 17.7 Å². The summed E-state index contributed by atoms with van der Waals surface area (Å²) in [6.45, 7) is 10.0. The van der Waals surface area contributed by atoms with Gasteiger partial charge in [-0.15, -0.1) is 0 Å². The molecule has 0 saturated carbocycles. The van der Waals surface area contributed by atoms with Crippen molar-refractivity contribution < 1.29 is 37.3 Å². The van der Waals surface area contributed by atoms with Crippen LogP contribution in [0.2, 0.25) is 5.04 Å². The Morgan fingerprint density at radius 1 is 0.721 bits per heavy atom. The molecule has 1 aliphatic rings. The summed E-state index contributed by atoms with van der Waals surface area (Å²) in [5.74, 6) is 3.36. The van der Waals surface area contributed by atoms with Crippen molar-refractivity contribution in [3.8, 4) is 56.9 Å². The molecular formula is C50H53NO9Si. The van der Waals surface area contributed by atoms with E-state index in [0.29, 0.717) is 70.6 Å². The van der Waals surface area contributed by atoms with Crippen LogP contribution in [0, 0.1) is 0 Å². The van der Waals surface area contributed by atoms with E-state index in [-0.39, 0.29) is 11.8 Å². The van der Waals surface area contributed by atoms with Crippen LogP contribution in [0.5, 0.6) is 34.5 Å². The fraction of sp³-hybridized carbons (Fsp3) is 0.300. The second-order valence-electron chi connectivity index (χ2n) is 16.3. The molecule has 8 rings (SSSR count). The molecule has 11 heteroatoms. The molecule has 0 unspecified atom stereocenters. The fourth-order valence-corrected chi connectivity index (χ4v) is 13.3. The Hall–Kier alpha value is -6.17. The normalized spacial score (nSPS) is 12.5. The number of aryl methyl sites for hydroxylation is 2. The van der Waals surface area contributed by atoms with Gasteiger partial charge in [0.15, 0.2) is 35.5 Å². The smallest absolute Gasteiger partial charge is 0.361 e. The molecule has 0 N–H and O–H groups in total. The number of fused-ring (bicyclic) bond motifs is 7. The van der Waals surface area contributed by atoms with Crippen LogP contribution in [-0.4, -0.2) is 54.7 Å². The zero-order valence-corrected chi connectivity index (χ0v) is 37.2. The van der Waals surface area contributed by atoms with Gasteiger partial charge in [0.05, 0.1) is 33.6 Å². The third-order valence-electron chi connectivity index (χ3n) is 11.7. The second kappa shape index (κ2) is 17.1. The van der Waals surface area contributed by atoms with Crippen LogP contribution in [0.3, 0.4) is 0 Å². The lowest BCUT2D eigenvalue weighted by Crippen LogP contribution is -2.68. The van der Waals surface area contributed by atoms with Gasteiger partial charge in [0.2, 0.25) is 0 Å². The highest BCUT2D eigenvalue weighted by molar-refractivity contribution is 7.00. The molecule has 0 atom stereocenters. The maximum Gasteiger partial charge on any atom is 0.361 e. The van der Waals surface area contributed by atoms with E-state index in [1.54, 1.807) is 34.5 Å². The largest absolute Gasteiger partial charge is 0.531 e. The van der Waals surface area contributed by atoms with Gasteiger partial charge in [0.1, 0.15) is 16.8 Å². The number of benzene rings is 5. The van der Waals surface area contributed by atoms with Crippen LogP contribution < -0.4 is 44.1 Å². The molecule has 7 aromatic rings. The quantitative estimate of drug-likeness (QED) is 0.0433. The van der Waals surface area contributed by atoms with Crippen molar-refractivity contribution >= 4 is 40.6 Å². The standard InChI is InChI=1S/C50H53NO9Si/c1-9-10-25-57-43-26-32-23-24-51-47(36(32)28-41(43)55-7)45(46-37-29-42(56-8)44(58-31-53-5)30-39(37)59-49(52)48(46)51)33-21-22-38(40(27-33)54-6)60-61(50(2,3)4,34-17-13-11-14-18-34)35-19-15-12-16-20-35/h11-22,26-30H,9-10,23-25,31H2,1-8H3. The average Bonchev–Trinajstić information content (AvgIpc) is 3.64. The Bertz CT molecular complexity index is 2710. The monoisotopic (exact) mass is 839 g/mol. The van der Waals surface area contributed by atoms with E-state index in [4.69, 9.17) is 37.3 Å². The Kier molecular flexibility index (Phi) is 11.6. The zero-order valence-electron chi connectivity index (χ0n) is 36.2. The lowest BCUT2D eigenvalue weighted by atomic mass is 9.91. The minimum atomic E-state index is -3.03. The van der Waals surface area contributed by atoms with Crippen LogP contribution in [0.4, 0.5) is 0 Å². The predicted octanol–water partition coefficient (Wildman–Crippen LogP) is 9.76. The first-order chi connectivity index (χ1) is 29.6. The summed E-state index contributed by atoms with van der Waals surface area (Å²) in [5.41, 5.74) is 4.87. The first-order valence-electron chi connectivity index (χ1n) is 20.7. The number of aromatic nitrogens is 1. The van der Waals surface area contributed by atoms with Gasteiger partial charge in [-0.1, -0.05) is 101 Å². The van der Waals surface area contributed by atoms with E-state index in [9.17, 15) is 4.79 Å². The maximum absolute atomic E-state index is 14.4. The minimum Gasteiger partial charge on any atom is -0.531 e. The number of hydrogen-bond acceptors (Lipinski definition) is 9. The van der Waals surface area contributed by atoms with Crippen LogP contribution in [0.25, 0.3) is 44.3 Å². The minimum absolute atomic E-state index is 0.00893. The van der Waals surface area contributed by atoms with Crippen molar-refractivity contribution in [2.45, 2.75) is 58.5 Å². The molecule has 0 spiro atoms. The van der Waals surface area contributed by atoms with Gasteiger partial charge in [0, 0.05) is 41.6 Å². The molecule has 3 heterocycles. The molecule has 0 amide bonds. The number of rotatable bonds is 15. The van der Waals surface area contributed by atoms with Crippen molar-refractivity contribution in [3.05, 3.63) is 119 Å². The van der Waals surface area contributed by atoms with Gasteiger partial charge in [-0.25, -0.2) is 4.79 Å². The highest BCUT2D eigenvalue weighted by atomic mass is 28.4. The SMILES string of the molecule is CCCCOc1cc2c(cc1OC)-c1c(-c3ccc(O[Si](c4ccccc4)(c4ccccc4)C(C)(C)C)c(OC)c3)c3c4cc(OC)c(OCOC)cc4oc(=O)c3n1CC2. The lowest BCUT2D eigenvalue weighted by molar-refractivity contribution is 0.0492. The molecule has 0 radical (unpaired) electrons. The van der Waals surface area contributed by atoms with Gasteiger partial charge in [0.25, 0.3) is 0 Å². The molecule has 0 fully saturated rings. The number of hydrogen-bond donors (Lipinski definition) is 0. The summed E-state index contributed by atoms with van der Waals surface area (Å²) >= 11 is 0. The van der Waals surface area contributed by atoms with Crippen molar-refractivity contribution in [1.82, 2.24) is 4.57 Å². The molecule has 2 aromatic heterocycles. The van der Waals surface area contributed by atoms with Crippen LogP contribution in [0.1, 0.15) is 46.1 Å². The molecule has 0 saturated heterocycles. The molecular weight excluding hydrogens is 787 g/mol. The summed E-state index contributed by atoms with van der Waals surface area (Å²) in [6.07, 6.45) is 2.61. The summed E-state index contributed by atoms with van der Waals surface area (Å²) in [4.78, 5) is 14.4. The number of methoxy groups -OCH3 is 4. The van der Waals surface area contributed by atoms with Crippen molar-refractivity contribution in [2.75, 3.05) is 41.8 Å². The maximum atomic E-state index is 14.4. The van der Waals surface area contributed by atoms with Crippen LogP contribution >= 0.6 is 0 Å². The molecule has 1 aliphatic heterocycles. The van der Waals surface area contributed by atoms with Crippen LogP contribution in [0.15, 0.2) is 112 Å². The van der Waals surface area contributed by atoms with Crippen molar-refractivity contribution in [3.63, 3.8) is 0 Å². The highest BCUT2D eigenvalue weighted by Gasteiger charge is 2.52. The number of unbranched alkanes of at least 4 members (excludes halogenated alkanes) is 1. The third kappa shape index (κ3) is 7.29. The first-order valence-corrected chi connectivity index (χ1v) is 22.6. The van der Waals surface area contributed by atoms with Gasteiger partial charge in [-0.05, 0) is 69.7 Å². The molecule has 0 aliphatic carbocycles. The van der Waals surface area contributed by atoms with Gasteiger partial charge < -0.3 is 41.8 Å². The Labute approximate surface area is 357 Å². The average molecular weight is 840 g/mol. The second-order valence-corrected chi connectivity index (χ2v) is 20.5. The third-order valence-corrected chi connectivity index (χ3v) is 16.6. The van der Waals surface area contributed by atoms with E-state index in [2.05, 4.69) is 92.9 Å². The summed E-state index contributed by atoms with van der Waals surface area (Å²) in [7, 11) is 3.42. The van der Waals surface area contributed by atoms with E-state index in [1.807, 2.05) is 36.4 Å². The van der Waals surface area contributed by atoms with E-state index in [1.165, 1.54) is 0 Å². The predicted molar refractivity (Wildman–Crippen MR) is 243 cm³/mol. The zero-order chi connectivity index (χ0) is 42.9. The summed E-state index contributed by atoms with van der Waals surface area (Å²) < 4.78 is 51.1. The molecule has 61 heavy (non-hydrogen) atoms. The van der Waals surface area contributed by atoms with Gasteiger partial charge in [-0.3, -0.25) is 0 Å². The molecule has 316 valence electrons. The number of nitrogens with zero attached hydrogens (tertiary/aromatic N) is 1. The molecule has 5 aromatic carbocycles. The first kappa shape index (κ1) is 41.6. The van der Waals surface area contributed by atoms with Gasteiger partial charge in [-0.2, -0.15) is 0 Å².